The molecule has 0 unspecified atom stereocenters. The fourth-order valence-corrected chi connectivity index (χ4v) is 1.70. The van der Waals surface area contributed by atoms with Crippen LogP contribution in [0.3, 0.4) is 0 Å². The average molecular weight is 231 g/mol. The van der Waals surface area contributed by atoms with E-state index in [-0.39, 0.29) is 5.69 Å². The molecule has 0 aromatic carbocycles. The molecule has 86 valence electrons. The normalized spacial score (nSPS) is 14.2. The summed E-state index contributed by atoms with van der Waals surface area (Å²) < 4.78 is 1.74. The van der Waals surface area contributed by atoms with E-state index >= 15 is 0 Å². The van der Waals surface area contributed by atoms with E-state index in [0.29, 0.717) is 11.5 Å². The number of carbonyl (C=O) groups excluding carboxylic acids is 1. The Labute approximate surface area is 96.0 Å². The van der Waals surface area contributed by atoms with Crippen LogP contribution in [0.5, 0.6) is 0 Å². The van der Waals surface area contributed by atoms with Gasteiger partial charge in [-0.2, -0.15) is 0 Å². The number of nitrogens with two attached hydrogens (primary N) is 1. The Hall–Kier alpha value is -2.54. The molecule has 0 saturated carbocycles. The van der Waals surface area contributed by atoms with Crippen molar-refractivity contribution in [1.29, 1.82) is 0 Å². The summed E-state index contributed by atoms with van der Waals surface area (Å²) in [6.07, 6.45) is 4.87. The molecule has 3 N–H and O–H groups in total. The third-order valence-electron chi connectivity index (χ3n) is 2.40. The number of hydrogen-bond donors (Lipinski definition) is 2. The molecule has 1 aliphatic rings. The highest BCUT2D eigenvalue weighted by molar-refractivity contribution is 5.97. The SMILES string of the molecule is NC(=O)c1nc2ccccn2c1N1C=CON1. The van der Waals surface area contributed by atoms with Crippen LogP contribution in [-0.4, -0.2) is 15.3 Å². The van der Waals surface area contributed by atoms with Crippen molar-refractivity contribution in [2.45, 2.75) is 0 Å². The largest absolute Gasteiger partial charge is 0.395 e. The van der Waals surface area contributed by atoms with E-state index in [4.69, 9.17) is 10.6 Å². The summed E-state index contributed by atoms with van der Waals surface area (Å²) in [5.41, 5.74) is 8.73. The van der Waals surface area contributed by atoms with E-state index in [1.54, 1.807) is 22.9 Å². The maximum absolute atomic E-state index is 11.4. The quantitative estimate of drug-likeness (QED) is 0.769. The lowest BCUT2D eigenvalue weighted by Gasteiger charge is -2.13. The summed E-state index contributed by atoms with van der Waals surface area (Å²) in [4.78, 5) is 20.4. The number of amides is 1. The first kappa shape index (κ1) is 9.67. The number of nitrogens with one attached hydrogen (secondary N) is 1. The lowest BCUT2D eigenvalue weighted by molar-refractivity contribution is 0.0995. The zero-order valence-corrected chi connectivity index (χ0v) is 8.70. The summed E-state index contributed by atoms with van der Waals surface area (Å²) in [6.45, 7) is 0. The number of hydrogen-bond acceptors (Lipinski definition) is 5. The molecule has 3 heterocycles. The Kier molecular flexibility index (Phi) is 1.99. The number of hydrazine groups is 1. The molecule has 0 radical (unpaired) electrons. The molecule has 2 aromatic rings. The predicted molar refractivity (Wildman–Crippen MR) is 59.5 cm³/mol. The number of anilines is 1. The van der Waals surface area contributed by atoms with Gasteiger partial charge in [0, 0.05) is 6.20 Å². The molecule has 2 aromatic heterocycles. The molecule has 7 heteroatoms. The van der Waals surface area contributed by atoms with Crippen LogP contribution < -0.4 is 16.3 Å². The Morgan fingerprint density at radius 2 is 2.35 bits per heavy atom. The molecule has 0 aliphatic carbocycles. The Bertz CT molecular complexity index is 618. The minimum atomic E-state index is -0.592. The number of rotatable bonds is 2. The molecule has 0 saturated heterocycles. The summed E-state index contributed by atoms with van der Waals surface area (Å²) in [6, 6.07) is 5.46. The van der Waals surface area contributed by atoms with Crippen LogP contribution in [0.4, 0.5) is 5.82 Å². The number of imidazole rings is 1. The topological polar surface area (TPSA) is 84.9 Å². The van der Waals surface area contributed by atoms with Crippen molar-refractivity contribution in [3.63, 3.8) is 0 Å². The number of fused-ring (bicyclic) bond motifs is 1. The molecular formula is C10H9N5O2. The minimum Gasteiger partial charge on any atom is -0.395 e. The zero-order chi connectivity index (χ0) is 11.8. The standard InChI is InChI=1S/C10H9N5O2/c11-9(16)8-10(15-5-6-17-13-15)14-4-2-1-3-7(14)12-8/h1-6,13H,(H2,11,16). The highest BCUT2D eigenvalue weighted by atomic mass is 16.7. The zero-order valence-electron chi connectivity index (χ0n) is 8.70. The Morgan fingerprint density at radius 1 is 1.47 bits per heavy atom. The van der Waals surface area contributed by atoms with Gasteiger partial charge in [0.15, 0.2) is 11.5 Å². The number of aromatic nitrogens is 2. The predicted octanol–water partition coefficient (Wildman–Crippen LogP) is 0.161. The van der Waals surface area contributed by atoms with E-state index in [1.807, 2.05) is 12.1 Å². The van der Waals surface area contributed by atoms with Crippen molar-refractivity contribution in [2.24, 2.45) is 5.73 Å². The second-order valence-corrected chi connectivity index (χ2v) is 3.44. The summed E-state index contributed by atoms with van der Waals surface area (Å²) >= 11 is 0. The van der Waals surface area contributed by atoms with Gasteiger partial charge < -0.3 is 10.6 Å². The van der Waals surface area contributed by atoms with Gasteiger partial charge in [0.05, 0.1) is 6.20 Å². The first-order valence-corrected chi connectivity index (χ1v) is 4.91. The highest BCUT2D eigenvalue weighted by Crippen LogP contribution is 2.22. The molecule has 0 bridgehead atoms. The van der Waals surface area contributed by atoms with Crippen molar-refractivity contribution in [2.75, 3.05) is 5.01 Å². The average Bonchev–Trinajstić information content (AvgIpc) is 2.94. The smallest absolute Gasteiger partial charge is 0.271 e. The first-order chi connectivity index (χ1) is 8.27. The van der Waals surface area contributed by atoms with Gasteiger partial charge in [-0.05, 0) is 12.1 Å². The minimum absolute atomic E-state index is 0.179. The lowest BCUT2D eigenvalue weighted by atomic mass is 10.4. The molecule has 3 rings (SSSR count). The van der Waals surface area contributed by atoms with Crippen molar-refractivity contribution in [3.05, 3.63) is 42.6 Å². The van der Waals surface area contributed by atoms with Crippen molar-refractivity contribution in [3.8, 4) is 0 Å². The highest BCUT2D eigenvalue weighted by Gasteiger charge is 2.22. The van der Waals surface area contributed by atoms with E-state index in [0.717, 1.165) is 0 Å². The van der Waals surface area contributed by atoms with Gasteiger partial charge in [-0.25, -0.2) is 9.99 Å². The number of nitrogens with zero attached hydrogens (tertiary/aromatic N) is 3. The fourth-order valence-electron chi connectivity index (χ4n) is 1.70. The Balaban J connectivity index is 2.27. The monoisotopic (exact) mass is 231 g/mol. The van der Waals surface area contributed by atoms with Gasteiger partial charge in [-0.15, -0.1) is 0 Å². The molecule has 0 spiro atoms. The molecule has 0 fully saturated rings. The van der Waals surface area contributed by atoms with Gasteiger partial charge in [-0.3, -0.25) is 9.20 Å². The summed E-state index contributed by atoms with van der Waals surface area (Å²) in [5.74, 6) is -0.0762. The molecule has 0 atom stereocenters. The first-order valence-electron chi connectivity index (χ1n) is 4.91. The molecule has 17 heavy (non-hydrogen) atoms. The van der Waals surface area contributed by atoms with Crippen molar-refractivity contribution < 1.29 is 9.63 Å². The number of primary amides is 1. The van der Waals surface area contributed by atoms with Crippen LogP contribution in [0.2, 0.25) is 0 Å². The third-order valence-corrected chi connectivity index (χ3v) is 2.40. The maximum atomic E-state index is 11.4. The molecular weight excluding hydrogens is 222 g/mol. The summed E-state index contributed by atoms with van der Waals surface area (Å²) in [5, 5.41) is 1.53. The summed E-state index contributed by atoms with van der Waals surface area (Å²) in [7, 11) is 0. The number of carbonyl (C=O) groups is 1. The van der Waals surface area contributed by atoms with Crippen LogP contribution in [0.25, 0.3) is 5.65 Å². The van der Waals surface area contributed by atoms with Crippen LogP contribution in [0.1, 0.15) is 10.5 Å². The van der Waals surface area contributed by atoms with Crippen molar-refractivity contribution in [1.82, 2.24) is 15.0 Å². The number of pyridine rings is 1. The van der Waals surface area contributed by atoms with E-state index in [1.165, 1.54) is 11.3 Å². The maximum Gasteiger partial charge on any atom is 0.271 e. The van der Waals surface area contributed by atoms with Crippen LogP contribution in [-0.2, 0) is 4.84 Å². The molecule has 1 amide bonds. The van der Waals surface area contributed by atoms with E-state index in [9.17, 15) is 4.79 Å². The van der Waals surface area contributed by atoms with E-state index < -0.39 is 5.91 Å². The lowest BCUT2D eigenvalue weighted by Crippen LogP contribution is -2.30. The third kappa shape index (κ3) is 1.41. The molecule has 7 nitrogen and oxygen atoms in total. The Morgan fingerprint density at radius 3 is 3.06 bits per heavy atom. The molecule has 1 aliphatic heterocycles. The van der Waals surface area contributed by atoms with Gasteiger partial charge in [-0.1, -0.05) is 11.7 Å². The van der Waals surface area contributed by atoms with Crippen molar-refractivity contribution >= 4 is 17.4 Å². The second kappa shape index (κ2) is 3.49. The van der Waals surface area contributed by atoms with Gasteiger partial charge >= 0.3 is 0 Å². The van der Waals surface area contributed by atoms with E-state index in [2.05, 4.69) is 10.6 Å². The second-order valence-electron chi connectivity index (χ2n) is 3.44. The van der Waals surface area contributed by atoms with Crippen LogP contribution in [0, 0.1) is 0 Å². The van der Waals surface area contributed by atoms with Gasteiger partial charge in [0.25, 0.3) is 5.91 Å². The van der Waals surface area contributed by atoms with Crippen LogP contribution in [0.15, 0.2) is 36.9 Å². The van der Waals surface area contributed by atoms with Gasteiger partial charge in [0.2, 0.25) is 0 Å². The van der Waals surface area contributed by atoms with Crippen LogP contribution >= 0.6 is 0 Å². The fraction of sp³-hybridized carbons (Fsp3) is 0. The van der Waals surface area contributed by atoms with Gasteiger partial charge in [0.1, 0.15) is 11.9 Å².